The van der Waals surface area contributed by atoms with Crippen molar-refractivity contribution in [2.45, 2.75) is 26.6 Å². The molecule has 4 rings (SSSR count). The lowest BCUT2D eigenvalue weighted by Gasteiger charge is -2.40. The molecule has 0 radical (unpaired) electrons. The van der Waals surface area contributed by atoms with Crippen LogP contribution in [0.2, 0.25) is 0 Å². The molecule has 0 saturated carbocycles. The first-order valence-electron chi connectivity index (χ1n) is 8.95. The van der Waals surface area contributed by atoms with Crippen LogP contribution in [0.3, 0.4) is 0 Å². The van der Waals surface area contributed by atoms with Gasteiger partial charge in [0, 0.05) is 32.4 Å². The van der Waals surface area contributed by atoms with Crippen molar-refractivity contribution in [1.82, 2.24) is 20.0 Å². The Morgan fingerprint density at radius 3 is 2.85 bits per heavy atom. The summed E-state index contributed by atoms with van der Waals surface area (Å²) in [6.45, 7) is 7.03. The Kier molecular flexibility index (Phi) is 4.58. The Morgan fingerprint density at radius 2 is 2.15 bits per heavy atom. The Labute approximate surface area is 152 Å². The van der Waals surface area contributed by atoms with E-state index >= 15 is 0 Å². The van der Waals surface area contributed by atoms with Crippen LogP contribution in [-0.2, 0) is 16.1 Å². The summed E-state index contributed by atoms with van der Waals surface area (Å²) < 4.78 is 10.8. The van der Waals surface area contributed by atoms with E-state index < -0.39 is 0 Å². The minimum atomic E-state index is 0.0107. The van der Waals surface area contributed by atoms with Crippen LogP contribution in [0.4, 0.5) is 5.82 Å². The predicted molar refractivity (Wildman–Crippen MR) is 93.3 cm³/mol. The molecule has 0 bridgehead atoms. The maximum atomic E-state index is 12.8. The second kappa shape index (κ2) is 7.03. The van der Waals surface area contributed by atoms with Gasteiger partial charge in [-0.15, -0.1) is 0 Å². The van der Waals surface area contributed by atoms with Crippen LogP contribution < -0.4 is 4.90 Å². The van der Waals surface area contributed by atoms with Gasteiger partial charge in [0.25, 0.3) is 5.89 Å². The number of ether oxygens (including phenoxy) is 1. The molecule has 8 nitrogen and oxygen atoms in total. The number of carbonyl (C=O) groups is 1. The highest BCUT2D eigenvalue weighted by molar-refractivity contribution is 5.81. The number of amides is 1. The Morgan fingerprint density at radius 1 is 1.31 bits per heavy atom. The highest BCUT2D eigenvalue weighted by Gasteiger charge is 2.41. The van der Waals surface area contributed by atoms with Gasteiger partial charge in [-0.25, -0.2) is 4.98 Å². The molecule has 2 aromatic heterocycles. The standard InChI is InChI=1S/C18H23N5O3/c1-12-7-22(16-5-3-4-6-19-16)10-15(12)18(24)23-8-14(9-23)25-11-17-20-13(2)21-26-17/h3-6,12,14-15H,7-11H2,1-2H3/t12-,15-/m1/s1. The summed E-state index contributed by atoms with van der Waals surface area (Å²) in [5.41, 5.74) is 0. The van der Waals surface area contributed by atoms with E-state index in [1.54, 1.807) is 13.1 Å². The number of hydrogen-bond donors (Lipinski definition) is 0. The third-order valence-electron chi connectivity index (χ3n) is 5.07. The Hall–Kier alpha value is -2.48. The van der Waals surface area contributed by atoms with Gasteiger partial charge in [-0.05, 0) is 25.0 Å². The molecule has 0 spiro atoms. The van der Waals surface area contributed by atoms with Crippen molar-refractivity contribution in [3.05, 3.63) is 36.1 Å². The molecule has 0 aliphatic carbocycles. The first-order valence-corrected chi connectivity index (χ1v) is 8.95. The third kappa shape index (κ3) is 3.41. The maximum absolute atomic E-state index is 12.8. The molecule has 2 saturated heterocycles. The largest absolute Gasteiger partial charge is 0.365 e. The fraction of sp³-hybridized carbons (Fsp3) is 0.556. The summed E-state index contributed by atoms with van der Waals surface area (Å²) in [6, 6.07) is 5.87. The summed E-state index contributed by atoms with van der Waals surface area (Å²) in [4.78, 5) is 25.4. The molecule has 2 aliphatic heterocycles. The van der Waals surface area contributed by atoms with Crippen LogP contribution in [0.25, 0.3) is 0 Å². The van der Waals surface area contributed by atoms with E-state index in [2.05, 4.69) is 26.9 Å². The zero-order chi connectivity index (χ0) is 18.1. The number of hydrogen-bond acceptors (Lipinski definition) is 7. The molecule has 26 heavy (non-hydrogen) atoms. The number of aryl methyl sites for hydroxylation is 1. The summed E-state index contributed by atoms with van der Waals surface area (Å²) in [7, 11) is 0. The van der Waals surface area contributed by atoms with Crippen LogP contribution in [0.15, 0.2) is 28.9 Å². The molecular formula is C18H23N5O3. The summed E-state index contributed by atoms with van der Waals surface area (Å²) in [6.07, 6.45) is 1.83. The third-order valence-corrected chi connectivity index (χ3v) is 5.07. The summed E-state index contributed by atoms with van der Waals surface area (Å²) in [5.74, 6) is 2.55. The number of aromatic nitrogens is 3. The second-order valence-electron chi connectivity index (χ2n) is 7.09. The summed E-state index contributed by atoms with van der Waals surface area (Å²) in [5, 5.41) is 3.73. The van der Waals surface area contributed by atoms with Crippen LogP contribution in [0.5, 0.6) is 0 Å². The number of likely N-dealkylation sites (tertiary alicyclic amines) is 1. The van der Waals surface area contributed by atoms with E-state index in [0.717, 1.165) is 18.9 Å². The van der Waals surface area contributed by atoms with Crippen molar-refractivity contribution in [1.29, 1.82) is 0 Å². The molecule has 0 unspecified atom stereocenters. The minimum absolute atomic E-state index is 0.0107. The molecule has 138 valence electrons. The Balaban J connectivity index is 1.26. The Bertz CT molecular complexity index is 759. The molecule has 8 heteroatoms. The molecule has 0 aromatic carbocycles. The quantitative estimate of drug-likeness (QED) is 0.797. The maximum Gasteiger partial charge on any atom is 0.252 e. The zero-order valence-corrected chi connectivity index (χ0v) is 15.0. The van der Waals surface area contributed by atoms with Crippen molar-refractivity contribution >= 4 is 11.7 Å². The number of anilines is 1. The fourth-order valence-electron chi connectivity index (χ4n) is 3.56. The van der Waals surface area contributed by atoms with E-state index in [-0.39, 0.29) is 17.9 Å². The van der Waals surface area contributed by atoms with Crippen LogP contribution in [-0.4, -0.2) is 58.2 Å². The van der Waals surface area contributed by atoms with Gasteiger partial charge < -0.3 is 19.1 Å². The van der Waals surface area contributed by atoms with E-state index in [0.29, 0.717) is 37.3 Å². The van der Waals surface area contributed by atoms with Crippen molar-refractivity contribution < 1.29 is 14.1 Å². The molecule has 2 atom stereocenters. The first kappa shape index (κ1) is 17.0. The van der Waals surface area contributed by atoms with Gasteiger partial charge in [0.1, 0.15) is 12.4 Å². The lowest BCUT2D eigenvalue weighted by Crippen LogP contribution is -2.57. The monoisotopic (exact) mass is 357 g/mol. The van der Waals surface area contributed by atoms with Crippen molar-refractivity contribution in [2.75, 3.05) is 31.1 Å². The number of nitrogens with zero attached hydrogens (tertiary/aromatic N) is 5. The van der Waals surface area contributed by atoms with Crippen LogP contribution in [0, 0.1) is 18.8 Å². The van der Waals surface area contributed by atoms with Gasteiger partial charge in [0.2, 0.25) is 5.91 Å². The molecular weight excluding hydrogens is 334 g/mol. The smallest absolute Gasteiger partial charge is 0.252 e. The topological polar surface area (TPSA) is 84.6 Å². The highest BCUT2D eigenvalue weighted by atomic mass is 16.5. The van der Waals surface area contributed by atoms with Crippen molar-refractivity contribution in [3.8, 4) is 0 Å². The first-order chi connectivity index (χ1) is 12.6. The number of pyridine rings is 1. The average molecular weight is 357 g/mol. The van der Waals surface area contributed by atoms with Gasteiger partial charge in [0.15, 0.2) is 5.82 Å². The fourth-order valence-corrected chi connectivity index (χ4v) is 3.56. The van der Waals surface area contributed by atoms with Gasteiger partial charge in [-0.3, -0.25) is 4.79 Å². The van der Waals surface area contributed by atoms with E-state index in [1.807, 2.05) is 23.1 Å². The number of carbonyl (C=O) groups excluding carboxylic acids is 1. The zero-order valence-electron chi connectivity index (χ0n) is 15.0. The second-order valence-corrected chi connectivity index (χ2v) is 7.09. The van der Waals surface area contributed by atoms with Gasteiger partial charge in [-0.1, -0.05) is 18.1 Å². The van der Waals surface area contributed by atoms with Gasteiger partial charge in [-0.2, -0.15) is 4.98 Å². The van der Waals surface area contributed by atoms with Crippen LogP contribution >= 0.6 is 0 Å². The highest BCUT2D eigenvalue weighted by Crippen LogP contribution is 2.29. The average Bonchev–Trinajstić information content (AvgIpc) is 3.20. The lowest BCUT2D eigenvalue weighted by molar-refractivity contribution is -0.151. The van der Waals surface area contributed by atoms with E-state index in [9.17, 15) is 4.79 Å². The SMILES string of the molecule is Cc1noc(COC2CN(C(=O)[C@@H]3CN(c4ccccn4)C[C@H]3C)C2)n1. The van der Waals surface area contributed by atoms with Crippen molar-refractivity contribution in [2.24, 2.45) is 11.8 Å². The van der Waals surface area contributed by atoms with Crippen LogP contribution in [0.1, 0.15) is 18.6 Å². The van der Waals surface area contributed by atoms with E-state index in [1.165, 1.54) is 0 Å². The molecule has 4 heterocycles. The molecule has 2 aromatic rings. The van der Waals surface area contributed by atoms with E-state index in [4.69, 9.17) is 9.26 Å². The normalized spacial score (nSPS) is 23.3. The van der Waals surface area contributed by atoms with Gasteiger partial charge >= 0.3 is 0 Å². The number of rotatable bonds is 5. The molecule has 2 fully saturated rings. The molecule has 2 aliphatic rings. The lowest BCUT2D eigenvalue weighted by atomic mass is 9.95. The molecule has 1 amide bonds. The summed E-state index contributed by atoms with van der Waals surface area (Å²) >= 11 is 0. The van der Waals surface area contributed by atoms with Crippen molar-refractivity contribution in [3.63, 3.8) is 0 Å². The predicted octanol–water partition coefficient (Wildman–Crippen LogP) is 1.27. The minimum Gasteiger partial charge on any atom is -0.365 e. The van der Waals surface area contributed by atoms with Gasteiger partial charge in [0.05, 0.1) is 12.0 Å². The molecule has 0 N–H and O–H groups in total.